The average molecular weight is 256 g/mol. The number of hydrogen-bond acceptors (Lipinski definition) is 1. The van der Waals surface area contributed by atoms with Crippen molar-refractivity contribution >= 4 is 5.97 Å². The minimum atomic E-state index is -2.77. The van der Waals surface area contributed by atoms with E-state index in [1.54, 1.807) is 19.1 Å². The molecule has 1 aromatic carbocycles. The zero-order valence-corrected chi connectivity index (χ0v) is 10.5. The fourth-order valence-electron chi connectivity index (χ4n) is 1.82. The van der Waals surface area contributed by atoms with Gasteiger partial charge in [-0.2, -0.15) is 0 Å². The summed E-state index contributed by atoms with van der Waals surface area (Å²) in [5.74, 6) is -3.60. The number of aryl methyl sites for hydroxylation is 1. The summed E-state index contributed by atoms with van der Waals surface area (Å²) in [6, 6.07) is 6.18. The molecular weight excluding hydrogens is 238 g/mol. The normalized spacial score (nSPS) is 11.5. The molecule has 1 aromatic rings. The van der Waals surface area contributed by atoms with Gasteiger partial charge in [0.05, 0.1) is 0 Å². The summed E-state index contributed by atoms with van der Waals surface area (Å²) in [6.07, 6.45) is 1.53. The Morgan fingerprint density at radius 1 is 1.28 bits per heavy atom. The SMILES string of the molecule is CCCC(F)(F)c1ccc(CCCC(=O)O)cc1. The van der Waals surface area contributed by atoms with E-state index in [1.807, 2.05) is 0 Å². The molecule has 0 aliphatic carbocycles. The van der Waals surface area contributed by atoms with E-state index in [1.165, 1.54) is 12.1 Å². The van der Waals surface area contributed by atoms with Crippen LogP contribution in [0.25, 0.3) is 0 Å². The maximum absolute atomic E-state index is 13.6. The summed E-state index contributed by atoms with van der Waals surface area (Å²) in [6.45, 7) is 1.73. The van der Waals surface area contributed by atoms with Gasteiger partial charge in [-0.15, -0.1) is 0 Å². The van der Waals surface area contributed by atoms with E-state index >= 15 is 0 Å². The Bertz CT molecular complexity index is 385. The Hall–Kier alpha value is -1.45. The number of alkyl halides is 2. The van der Waals surface area contributed by atoms with E-state index in [9.17, 15) is 13.6 Å². The molecule has 0 bridgehead atoms. The van der Waals surface area contributed by atoms with E-state index in [4.69, 9.17) is 5.11 Å². The van der Waals surface area contributed by atoms with Crippen molar-refractivity contribution in [3.8, 4) is 0 Å². The maximum Gasteiger partial charge on any atom is 0.303 e. The van der Waals surface area contributed by atoms with Crippen molar-refractivity contribution in [2.45, 2.75) is 45.0 Å². The quantitative estimate of drug-likeness (QED) is 0.801. The Morgan fingerprint density at radius 3 is 2.39 bits per heavy atom. The minimum Gasteiger partial charge on any atom is -0.481 e. The van der Waals surface area contributed by atoms with Crippen LogP contribution in [0.3, 0.4) is 0 Å². The third-order valence-electron chi connectivity index (χ3n) is 2.80. The molecule has 0 aromatic heterocycles. The summed E-state index contributed by atoms with van der Waals surface area (Å²) in [7, 11) is 0. The van der Waals surface area contributed by atoms with E-state index in [2.05, 4.69) is 0 Å². The molecule has 0 radical (unpaired) electrons. The number of aliphatic carboxylic acids is 1. The molecule has 18 heavy (non-hydrogen) atoms. The van der Waals surface area contributed by atoms with Crippen molar-refractivity contribution in [1.29, 1.82) is 0 Å². The van der Waals surface area contributed by atoms with Crippen molar-refractivity contribution in [1.82, 2.24) is 0 Å². The molecule has 100 valence electrons. The molecule has 0 atom stereocenters. The minimum absolute atomic E-state index is 0.0336. The van der Waals surface area contributed by atoms with Crippen LogP contribution in [0.4, 0.5) is 8.78 Å². The van der Waals surface area contributed by atoms with Crippen molar-refractivity contribution in [2.24, 2.45) is 0 Å². The first-order valence-corrected chi connectivity index (χ1v) is 6.14. The fraction of sp³-hybridized carbons (Fsp3) is 0.500. The average Bonchev–Trinajstić information content (AvgIpc) is 2.29. The van der Waals surface area contributed by atoms with E-state index < -0.39 is 11.9 Å². The Kier molecular flexibility index (Phi) is 5.25. The molecule has 0 aliphatic rings. The Balaban J connectivity index is 2.59. The molecule has 0 unspecified atom stereocenters. The predicted octanol–water partition coefficient (Wildman–Crippen LogP) is 3.99. The molecule has 1 rings (SSSR count). The second kappa shape index (κ2) is 6.47. The lowest BCUT2D eigenvalue weighted by Crippen LogP contribution is -2.12. The highest BCUT2D eigenvalue weighted by Gasteiger charge is 2.29. The van der Waals surface area contributed by atoms with Crippen LogP contribution < -0.4 is 0 Å². The van der Waals surface area contributed by atoms with Crippen LogP contribution in [-0.4, -0.2) is 11.1 Å². The van der Waals surface area contributed by atoms with Gasteiger partial charge in [-0.1, -0.05) is 37.6 Å². The molecule has 0 saturated carbocycles. The number of carboxylic acids is 1. The summed E-state index contributed by atoms with van der Waals surface area (Å²) in [5, 5.41) is 8.50. The first-order chi connectivity index (χ1) is 8.45. The molecule has 0 saturated heterocycles. The van der Waals surface area contributed by atoms with Gasteiger partial charge < -0.3 is 5.11 Å². The number of halogens is 2. The highest BCUT2D eigenvalue weighted by Crippen LogP contribution is 2.32. The third-order valence-corrected chi connectivity index (χ3v) is 2.80. The molecule has 2 nitrogen and oxygen atoms in total. The van der Waals surface area contributed by atoms with Gasteiger partial charge in [0, 0.05) is 18.4 Å². The molecule has 0 heterocycles. The lowest BCUT2D eigenvalue weighted by atomic mass is 10.0. The zero-order chi connectivity index (χ0) is 13.6. The van der Waals surface area contributed by atoms with Crippen LogP contribution in [-0.2, 0) is 17.1 Å². The number of rotatable bonds is 7. The standard InChI is InChI=1S/C14H18F2O2/c1-2-10-14(15,16)12-8-6-11(7-9-12)4-3-5-13(17)18/h6-9H,2-5,10H2,1H3,(H,17,18). The van der Waals surface area contributed by atoms with Crippen LogP contribution >= 0.6 is 0 Å². The lowest BCUT2D eigenvalue weighted by molar-refractivity contribution is -0.137. The van der Waals surface area contributed by atoms with Crippen LogP contribution in [0.15, 0.2) is 24.3 Å². The predicted molar refractivity (Wildman–Crippen MR) is 65.8 cm³/mol. The molecule has 1 N–H and O–H groups in total. The van der Waals surface area contributed by atoms with E-state index in [0.717, 1.165) is 5.56 Å². The number of hydrogen-bond donors (Lipinski definition) is 1. The van der Waals surface area contributed by atoms with Crippen molar-refractivity contribution < 1.29 is 18.7 Å². The van der Waals surface area contributed by atoms with E-state index in [-0.39, 0.29) is 18.4 Å². The van der Waals surface area contributed by atoms with Gasteiger partial charge in [-0.05, 0) is 18.4 Å². The summed E-state index contributed by atoms with van der Waals surface area (Å²) < 4.78 is 27.1. The molecule has 0 aliphatic heterocycles. The molecular formula is C14H18F2O2. The number of benzene rings is 1. The van der Waals surface area contributed by atoms with Gasteiger partial charge >= 0.3 is 5.97 Å². The van der Waals surface area contributed by atoms with Gasteiger partial charge in [0.15, 0.2) is 0 Å². The Morgan fingerprint density at radius 2 is 1.89 bits per heavy atom. The van der Waals surface area contributed by atoms with Gasteiger partial charge in [-0.3, -0.25) is 4.79 Å². The maximum atomic E-state index is 13.6. The van der Waals surface area contributed by atoms with Gasteiger partial charge in [-0.25, -0.2) is 8.78 Å². The molecule has 0 fully saturated rings. The first kappa shape index (κ1) is 14.6. The van der Waals surface area contributed by atoms with Crippen LogP contribution in [0.5, 0.6) is 0 Å². The monoisotopic (exact) mass is 256 g/mol. The Labute approximate surface area is 106 Å². The van der Waals surface area contributed by atoms with Gasteiger partial charge in [0.1, 0.15) is 0 Å². The van der Waals surface area contributed by atoms with Gasteiger partial charge in [0.25, 0.3) is 5.92 Å². The molecule has 0 amide bonds. The van der Waals surface area contributed by atoms with Crippen molar-refractivity contribution in [2.75, 3.05) is 0 Å². The largest absolute Gasteiger partial charge is 0.481 e. The fourth-order valence-corrected chi connectivity index (χ4v) is 1.82. The smallest absolute Gasteiger partial charge is 0.303 e. The molecule has 0 spiro atoms. The summed E-state index contributed by atoms with van der Waals surface area (Å²) in [5.41, 5.74) is 0.929. The topological polar surface area (TPSA) is 37.3 Å². The van der Waals surface area contributed by atoms with Crippen LogP contribution in [0.1, 0.15) is 43.7 Å². The first-order valence-electron chi connectivity index (χ1n) is 6.14. The van der Waals surface area contributed by atoms with E-state index in [0.29, 0.717) is 19.3 Å². The number of carbonyl (C=O) groups is 1. The second-order valence-corrected chi connectivity index (χ2v) is 4.40. The number of carboxylic acid groups (broad SMARTS) is 1. The lowest BCUT2D eigenvalue weighted by Gasteiger charge is -2.16. The third kappa shape index (κ3) is 4.43. The zero-order valence-electron chi connectivity index (χ0n) is 10.5. The van der Waals surface area contributed by atoms with Crippen molar-refractivity contribution in [3.63, 3.8) is 0 Å². The summed E-state index contributed by atoms with van der Waals surface area (Å²) in [4.78, 5) is 10.3. The van der Waals surface area contributed by atoms with Crippen LogP contribution in [0.2, 0.25) is 0 Å². The molecule has 4 heteroatoms. The van der Waals surface area contributed by atoms with Crippen LogP contribution in [0, 0.1) is 0 Å². The van der Waals surface area contributed by atoms with Gasteiger partial charge in [0.2, 0.25) is 0 Å². The highest BCUT2D eigenvalue weighted by molar-refractivity contribution is 5.66. The second-order valence-electron chi connectivity index (χ2n) is 4.40. The summed E-state index contributed by atoms with van der Waals surface area (Å²) >= 11 is 0. The van der Waals surface area contributed by atoms with Crippen molar-refractivity contribution in [3.05, 3.63) is 35.4 Å². The highest BCUT2D eigenvalue weighted by atomic mass is 19.3.